The molecule has 0 saturated carbocycles. The third-order valence-electron chi connectivity index (χ3n) is 4.21. The Balaban J connectivity index is 1.44. The fourth-order valence-electron chi connectivity index (χ4n) is 2.93. The van der Waals surface area contributed by atoms with Crippen molar-refractivity contribution in [3.63, 3.8) is 0 Å². The Kier molecular flexibility index (Phi) is 6.10. The average Bonchev–Trinajstić information content (AvgIpc) is 3.00. The van der Waals surface area contributed by atoms with Gasteiger partial charge in [0.05, 0.1) is 24.9 Å². The number of aromatic nitrogens is 2. The number of amides is 2. The topological polar surface area (TPSA) is 94.0 Å². The van der Waals surface area contributed by atoms with Gasteiger partial charge in [0, 0.05) is 17.4 Å². The minimum absolute atomic E-state index is 0.165. The minimum atomic E-state index is -0.550. The standard InChI is InChI=1S/C19H25ClN4O4/c1-19(2,3)28-18(26)23-13-4-5-15(27-11-13)17(25)21-9-14-10-24-7-6-12(20)8-16(24)22-14/h6-8,10,13,15H,4-5,9,11H2,1-3H3,(H,21,25)(H,23,26)/t13-,15+/m1/s1. The van der Waals surface area contributed by atoms with E-state index in [1.165, 1.54) is 0 Å². The van der Waals surface area contributed by atoms with E-state index in [0.29, 0.717) is 24.4 Å². The van der Waals surface area contributed by atoms with Crippen LogP contribution in [-0.2, 0) is 20.8 Å². The lowest BCUT2D eigenvalue weighted by atomic mass is 10.0. The highest BCUT2D eigenvalue weighted by molar-refractivity contribution is 6.30. The van der Waals surface area contributed by atoms with Crippen LogP contribution in [0, 0.1) is 0 Å². The summed E-state index contributed by atoms with van der Waals surface area (Å²) in [6, 6.07) is 3.37. The summed E-state index contributed by atoms with van der Waals surface area (Å²) >= 11 is 5.96. The Hall–Kier alpha value is -2.32. The van der Waals surface area contributed by atoms with Crippen LogP contribution in [0.3, 0.4) is 0 Å². The van der Waals surface area contributed by atoms with Crippen LogP contribution in [0.4, 0.5) is 4.79 Å². The zero-order valence-electron chi connectivity index (χ0n) is 16.2. The first-order valence-electron chi connectivity index (χ1n) is 9.21. The molecule has 3 rings (SSSR count). The molecule has 8 nitrogen and oxygen atoms in total. The molecule has 1 saturated heterocycles. The number of alkyl carbamates (subject to hydrolysis) is 1. The molecular formula is C19H25ClN4O4. The Labute approximate surface area is 168 Å². The molecule has 2 aromatic rings. The second-order valence-electron chi connectivity index (χ2n) is 7.80. The second-order valence-corrected chi connectivity index (χ2v) is 8.24. The molecule has 2 N–H and O–H groups in total. The van der Waals surface area contributed by atoms with Crippen molar-refractivity contribution in [1.82, 2.24) is 20.0 Å². The first-order chi connectivity index (χ1) is 13.2. The van der Waals surface area contributed by atoms with Gasteiger partial charge in [-0.05, 0) is 45.7 Å². The molecule has 0 aromatic carbocycles. The number of rotatable bonds is 4. The van der Waals surface area contributed by atoms with Crippen molar-refractivity contribution < 1.29 is 19.1 Å². The molecule has 28 heavy (non-hydrogen) atoms. The van der Waals surface area contributed by atoms with E-state index in [1.54, 1.807) is 12.1 Å². The summed E-state index contributed by atoms with van der Waals surface area (Å²) in [5.41, 5.74) is 0.906. The van der Waals surface area contributed by atoms with E-state index in [0.717, 1.165) is 11.3 Å². The van der Waals surface area contributed by atoms with Crippen LogP contribution in [0.1, 0.15) is 39.3 Å². The number of imidazole rings is 1. The Bertz CT molecular complexity index is 853. The van der Waals surface area contributed by atoms with E-state index in [2.05, 4.69) is 15.6 Å². The maximum atomic E-state index is 12.4. The van der Waals surface area contributed by atoms with Gasteiger partial charge in [-0.3, -0.25) is 4.79 Å². The van der Waals surface area contributed by atoms with Crippen LogP contribution < -0.4 is 10.6 Å². The van der Waals surface area contributed by atoms with Gasteiger partial charge in [-0.1, -0.05) is 11.6 Å². The Morgan fingerprint density at radius 3 is 2.86 bits per heavy atom. The van der Waals surface area contributed by atoms with E-state index in [-0.39, 0.29) is 18.6 Å². The van der Waals surface area contributed by atoms with Gasteiger partial charge in [0.1, 0.15) is 17.4 Å². The molecule has 3 heterocycles. The highest BCUT2D eigenvalue weighted by atomic mass is 35.5. The lowest BCUT2D eigenvalue weighted by Crippen LogP contribution is -2.48. The number of carbonyl (C=O) groups excluding carboxylic acids is 2. The first-order valence-corrected chi connectivity index (χ1v) is 9.59. The van der Waals surface area contributed by atoms with Crippen LogP contribution in [0.2, 0.25) is 5.02 Å². The molecule has 0 spiro atoms. The van der Waals surface area contributed by atoms with Gasteiger partial charge in [-0.2, -0.15) is 0 Å². The van der Waals surface area contributed by atoms with Crippen molar-refractivity contribution >= 4 is 29.2 Å². The van der Waals surface area contributed by atoms with Gasteiger partial charge in [0.25, 0.3) is 0 Å². The molecule has 0 radical (unpaired) electrons. The van der Waals surface area contributed by atoms with Crippen LogP contribution in [-0.4, -0.2) is 45.7 Å². The molecular weight excluding hydrogens is 384 g/mol. The lowest BCUT2D eigenvalue weighted by Gasteiger charge is -2.29. The number of ether oxygens (including phenoxy) is 2. The summed E-state index contributed by atoms with van der Waals surface area (Å²) in [6.45, 7) is 5.99. The maximum Gasteiger partial charge on any atom is 0.407 e. The van der Waals surface area contributed by atoms with Gasteiger partial charge in [0.15, 0.2) is 0 Å². The molecule has 2 amide bonds. The maximum absolute atomic E-state index is 12.4. The highest BCUT2D eigenvalue weighted by Crippen LogP contribution is 2.16. The number of carbonyl (C=O) groups is 2. The summed E-state index contributed by atoms with van der Waals surface area (Å²) in [5.74, 6) is -0.189. The Morgan fingerprint density at radius 2 is 2.18 bits per heavy atom. The van der Waals surface area contributed by atoms with Crippen LogP contribution in [0.15, 0.2) is 24.5 Å². The van der Waals surface area contributed by atoms with E-state index in [9.17, 15) is 9.59 Å². The fourth-order valence-corrected chi connectivity index (χ4v) is 3.09. The number of pyridine rings is 1. The molecule has 1 aliphatic rings. The van der Waals surface area contributed by atoms with E-state index in [1.807, 2.05) is 37.6 Å². The summed E-state index contributed by atoms with van der Waals surface area (Å²) in [7, 11) is 0. The normalized spacial score (nSPS) is 20.0. The quantitative estimate of drug-likeness (QED) is 0.811. The predicted molar refractivity (Wildman–Crippen MR) is 104 cm³/mol. The highest BCUT2D eigenvalue weighted by Gasteiger charge is 2.29. The third kappa shape index (κ3) is 5.59. The number of halogens is 1. The molecule has 0 aliphatic carbocycles. The monoisotopic (exact) mass is 408 g/mol. The molecule has 1 aliphatic heterocycles. The largest absolute Gasteiger partial charge is 0.444 e. The van der Waals surface area contributed by atoms with Gasteiger partial charge in [-0.15, -0.1) is 0 Å². The van der Waals surface area contributed by atoms with Crippen LogP contribution in [0.25, 0.3) is 5.65 Å². The van der Waals surface area contributed by atoms with Crippen molar-refractivity contribution in [2.24, 2.45) is 0 Å². The third-order valence-corrected chi connectivity index (χ3v) is 4.44. The molecule has 0 bridgehead atoms. The van der Waals surface area contributed by atoms with Crippen molar-refractivity contribution in [3.8, 4) is 0 Å². The van der Waals surface area contributed by atoms with Crippen LogP contribution in [0.5, 0.6) is 0 Å². The fraction of sp³-hybridized carbons (Fsp3) is 0.526. The summed E-state index contributed by atoms with van der Waals surface area (Å²) < 4.78 is 12.7. The minimum Gasteiger partial charge on any atom is -0.444 e. The van der Waals surface area contributed by atoms with Crippen LogP contribution >= 0.6 is 11.6 Å². The number of nitrogens with one attached hydrogen (secondary N) is 2. The number of hydrogen-bond acceptors (Lipinski definition) is 5. The molecule has 2 aromatic heterocycles. The van der Waals surface area contributed by atoms with Crippen molar-refractivity contribution in [2.75, 3.05) is 6.61 Å². The summed E-state index contributed by atoms with van der Waals surface area (Å²) in [5, 5.41) is 6.23. The molecule has 9 heteroatoms. The van der Waals surface area contributed by atoms with Crippen molar-refractivity contribution in [1.29, 1.82) is 0 Å². The lowest BCUT2D eigenvalue weighted by molar-refractivity contribution is -0.136. The van der Waals surface area contributed by atoms with E-state index in [4.69, 9.17) is 21.1 Å². The zero-order valence-corrected chi connectivity index (χ0v) is 17.0. The SMILES string of the molecule is CC(C)(C)OC(=O)N[C@@H]1CC[C@@H](C(=O)NCc2cn3ccc(Cl)cc3n2)OC1. The second kappa shape index (κ2) is 8.36. The summed E-state index contributed by atoms with van der Waals surface area (Å²) in [6.07, 6.45) is 3.81. The molecule has 2 atom stereocenters. The predicted octanol–water partition coefficient (Wildman–Crippen LogP) is 2.68. The average molecular weight is 409 g/mol. The van der Waals surface area contributed by atoms with Crippen molar-refractivity contribution in [3.05, 3.63) is 35.2 Å². The molecule has 0 unspecified atom stereocenters. The van der Waals surface area contributed by atoms with Gasteiger partial charge in [-0.25, -0.2) is 9.78 Å². The number of hydrogen-bond donors (Lipinski definition) is 2. The zero-order chi connectivity index (χ0) is 20.3. The number of nitrogens with zero attached hydrogens (tertiary/aromatic N) is 2. The molecule has 1 fully saturated rings. The molecule has 152 valence electrons. The number of fused-ring (bicyclic) bond motifs is 1. The summed E-state index contributed by atoms with van der Waals surface area (Å²) in [4.78, 5) is 28.6. The van der Waals surface area contributed by atoms with Gasteiger partial charge < -0.3 is 24.5 Å². The van der Waals surface area contributed by atoms with E-state index >= 15 is 0 Å². The first kappa shape index (κ1) is 20.4. The van der Waals surface area contributed by atoms with E-state index < -0.39 is 17.8 Å². The van der Waals surface area contributed by atoms with Crippen molar-refractivity contribution in [2.45, 2.75) is 57.9 Å². The Morgan fingerprint density at radius 1 is 1.39 bits per heavy atom. The van der Waals surface area contributed by atoms with Gasteiger partial charge >= 0.3 is 6.09 Å². The smallest absolute Gasteiger partial charge is 0.407 e. The van der Waals surface area contributed by atoms with Gasteiger partial charge in [0.2, 0.25) is 5.91 Å².